The molecular formula is C21H24N2O5. The minimum Gasteiger partial charge on any atom is -0.490 e. The van der Waals surface area contributed by atoms with Crippen molar-refractivity contribution < 1.29 is 24.2 Å². The topological polar surface area (TPSA) is 89.0 Å². The number of rotatable bonds is 7. The van der Waals surface area contributed by atoms with Gasteiger partial charge in [-0.3, -0.25) is 9.78 Å². The maximum absolute atomic E-state index is 13.0. The summed E-state index contributed by atoms with van der Waals surface area (Å²) in [5.74, 6) is -0.333. The van der Waals surface area contributed by atoms with Crippen molar-refractivity contribution in [3.8, 4) is 11.5 Å². The van der Waals surface area contributed by atoms with E-state index in [1.807, 2.05) is 19.1 Å². The Labute approximate surface area is 163 Å². The largest absolute Gasteiger partial charge is 0.490 e. The number of carbonyl (C=O) groups is 2. The highest BCUT2D eigenvalue weighted by molar-refractivity contribution is 5.98. The van der Waals surface area contributed by atoms with Crippen LogP contribution in [0, 0.1) is 0 Å². The molecule has 1 unspecified atom stereocenters. The molecule has 1 saturated heterocycles. The molecule has 28 heavy (non-hydrogen) atoms. The molecule has 1 aromatic carbocycles. The van der Waals surface area contributed by atoms with Crippen molar-refractivity contribution in [3.05, 3.63) is 53.9 Å². The molecule has 1 fully saturated rings. The molecule has 2 heterocycles. The summed E-state index contributed by atoms with van der Waals surface area (Å²) in [5.41, 5.74) is 0.115. The molecule has 1 atom stereocenters. The summed E-state index contributed by atoms with van der Waals surface area (Å²) in [7, 11) is 0. The zero-order valence-corrected chi connectivity index (χ0v) is 16.1. The minimum atomic E-state index is -1.18. The maximum atomic E-state index is 13.0. The zero-order chi connectivity index (χ0) is 20.1. The monoisotopic (exact) mass is 384 g/mol. The van der Waals surface area contributed by atoms with Gasteiger partial charge in [0, 0.05) is 30.1 Å². The van der Waals surface area contributed by atoms with Crippen LogP contribution in [0.2, 0.25) is 0 Å². The number of hydrogen-bond donors (Lipinski definition) is 1. The number of benzene rings is 1. The number of aliphatic carboxylic acids is 1. The van der Waals surface area contributed by atoms with E-state index in [-0.39, 0.29) is 5.91 Å². The van der Waals surface area contributed by atoms with Gasteiger partial charge in [-0.15, -0.1) is 0 Å². The fourth-order valence-electron chi connectivity index (χ4n) is 3.34. The lowest BCUT2D eigenvalue weighted by molar-refractivity contribution is -0.147. The first-order valence-corrected chi connectivity index (χ1v) is 9.29. The number of carboxylic acid groups (broad SMARTS) is 1. The first kappa shape index (κ1) is 19.7. The van der Waals surface area contributed by atoms with E-state index in [4.69, 9.17) is 9.47 Å². The molecule has 1 aromatic heterocycles. The average Bonchev–Trinajstić information content (AvgIpc) is 3.10. The third-order valence-corrected chi connectivity index (χ3v) is 4.95. The molecular weight excluding hydrogens is 360 g/mol. The second-order valence-electron chi connectivity index (χ2n) is 6.88. The Kier molecular flexibility index (Phi) is 5.82. The Bertz CT molecular complexity index is 855. The molecule has 1 amide bonds. The number of hydrogen-bond acceptors (Lipinski definition) is 5. The second-order valence-corrected chi connectivity index (χ2v) is 6.88. The van der Waals surface area contributed by atoms with Gasteiger partial charge in [0.05, 0.1) is 6.61 Å². The number of aromatic nitrogens is 1. The molecule has 0 aliphatic carbocycles. The third-order valence-electron chi connectivity index (χ3n) is 4.95. The van der Waals surface area contributed by atoms with Crippen LogP contribution in [0.3, 0.4) is 0 Å². The van der Waals surface area contributed by atoms with E-state index >= 15 is 0 Å². The Hall–Kier alpha value is -3.09. The molecule has 0 saturated carbocycles. The minimum absolute atomic E-state index is 0.317. The van der Waals surface area contributed by atoms with Crippen LogP contribution in [0.15, 0.2) is 42.7 Å². The number of carboxylic acids is 1. The van der Waals surface area contributed by atoms with E-state index in [9.17, 15) is 14.7 Å². The summed E-state index contributed by atoms with van der Waals surface area (Å²) >= 11 is 0. The van der Waals surface area contributed by atoms with Crippen LogP contribution in [0.4, 0.5) is 0 Å². The van der Waals surface area contributed by atoms with Crippen LogP contribution in [-0.4, -0.2) is 45.6 Å². The first-order chi connectivity index (χ1) is 13.5. The van der Waals surface area contributed by atoms with Gasteiger partial charge in [0.2, 0.25) is 0 Å². The highest BCUT2D eigenvalue weighted by atomic mass is 16.5. The summed E-state index contributed by atoms with van der Waals surface area (Å²) in [6.07, 6.45) is 4.52. The Balaban J connectivity index is 1.82. The SMILES string of the molecule is CCOc1cc(C(=O)N2CCCC2(C)C(=O)O)ccc1OCc1cccnc1. The van der Waals surface area contributed by atoms with Gasteiger partial charge in [-0.1, -0.05) is 6.07 Å². The maximum Gasteiger partial charge on any atom is 0.329 e. The van der Waals surface area contributed by atoms with E-state index in [0.29, 0.717) is 49.7 Å². The van der Waals surface area contributed by atoms with Crippen molar-refractivity contribution in [1.29, 1.82) is 0 Å². The van der Waals surface area contributed by atoms with Gasteiger partial charge in [-0.2, -0.15) is 0 Å². The van der Waals surface area contributed by atoms with E-state index in [1.54, 1.807) is 37.5 Å². The van der Waals surface area contributed by atoms with Crippen LogP contribution in [0.25, 0.3) is 0 Å². The fourth-order valence-corrected chi connectivity index (χ4v) is 3.34. The van der Waals surface area contributed by atoms with Crippen LogP contribution in [0.5, 0.6) is 11.5 Å². The first-order valence-electron chi connectivity index (χ1n) is 9.29. The highest BCUT2D eigenvalue weighted by Gasteiger charge is 2.46. The number of nitrogens with zero attached hydrogens (tertiary/aromatic N) is 2. The van der Waals surface area contributed by atoms with Gasteiger partial charge in [-0.25, -0.2) is 4.79 Å². The number of amides is 1. The van der Waals surface area contributed by atoms with Crippen molar-refractivity contribution in [3.63, 3.8) is 0 Å². The second kappa shape index (κ2) is 8.29. The molecule has 0 bridgehead atoms. The lowest BCUT2D eigenvalue weighted by atomic mass is 9.98. The molecule has 1 aliphatic rings. The predicted octanol–water partition coefficient (Wildman–Crippen LogP) is 3.14. The molecule has 0 spiro atoms. The van der Waals surface area contributed by atoms with Gasteiger partial charge in [0.15, 0.2) is 11.5 Å². The molecule has 7 nitrogen and oxygen atoms in total. The van der Waals surface area contributed by atoms with Crippen LogP contribution < -0.4 is 9.47 Å². The summed E-state index contributed by atoms with van der Waals surface area (Å²) in [5, 5.41) is 9.56. The highest BCUT2D eigenvalue weighted by Crippen LogP contribution is 2.34. The Morgan fingerprint density at radius 2 is 2.07 bits per heavy atom. The molecule has 1 N–H and O–H groups in total. The van der Waals surface area contributed by atoms with Crippen LogP contribution in [0.1, 0.15) is 42.6 Å². The van der Waals surface area contributed by atoms with E-state index < -0.39 is 11.5 Å². The molecule has 3 rings (SSSR count). The summed E-state index contributed by atoms with van der Waals surface area (Å²) in [6, 6.07) is 8.68. The fraction of sp³-hybridized carbons (Fsp3) is 0.381. The molecule has 7 heteroatoms. The zero-order valence-electron chi connectivity index (χ0n) is 16.1. The summed E-state index contributed by atoms with van der Waals surface area (Å²) < 4.78 is 11.5. The standard InChI is InChI=1S/C21H24N2O5/c1-3-27-18-12-16(19(24)23-11-5-9-21(23,2)20(25)26)7-8-17(18)28-14-15-6-4-10-22-13-15/h4,6-8,10,12-13H,3,5,9,11,14H2,1-2H3,(H,25,26). The van der Waals surface area contributed by atoms with Gasteiger partial charge < -0.3 is 19.5 Å². The normalized spacial score (nSPS) is 18.7. The predicted molar refractivity (Wildman–Crippen MR) is 102 cm³/mol. The quantitative estimate of drug-likeness (QED) is 0.789. The van der Waals surface area contributed by atoms with Gasteiger partial charge in [0.25, 0.3) is 5.91 Å². The molecule has 0 radical (unpaired) electrons. The number of ether oxygens (including phenoxy) is 2. The van der Waals surface area contributed by atoms with Crippen LogP contribution >= 0.6 is 0 Å². The van der Waals surface area contributed by atoms with E-state index in [0.717, 1.165) is 5.56 Å². The van der Waals surface area contributed by atoms with Crippen molar-refractivity contribution >= 4 is 11.9 Å². The summed E-state index contributed by atoms with van der Waals surface area (Å²) in [6.45, 7) is 4.60. The van der Waals surface area contributed by atoms with Crippen LogP contribution in [-0.2, 0) is 11.4 Å². The lowest BCUT2D eigenvalue weighted by Crippen LogP contribution is -2.50. The van der Waals surface area contributed by atoms with Gasteiger partial charge in [-0.05, 0) is 51.0 Å². The third kappa shape index (κ3) is 3.93. The van der Waals surface area contributed by atoms with Crippen molar-refractivity contribution in [1.82, 2.24) is 9.88 Å². The van der Waals surface area contributed by atoms with E-state index in [1.165, 1.54) is 4.90 Å². The Morgan fingerprint density at radius 1 is 1.25 bits per heavy atom. The summed E-state index contributed by atoms with van der Waals surface area (Å²) in [4.78, 5) is 30.1. The van der Waals surface area contributed by atoms with Crippen molar-refractivity contribution in [2.45, 2.75) is 38.8 Å². The lowest BCUT2D eigenvalue weighted by Gasteiger charge is -2.31. The Morgan fingerprint density at radius 3 is 2.75 bits per heavy atom. The number of pyridine rings is 1. The average molecular weight is 384 g/mol. The molecule has 1 aliphatic heterocycles. The van der Waals surface area contributed by atoms with Crippen molar-refractivity contribution in [2.75, 3.05) is 13.2 Å². The smallest absolute Gasteiger partial charge is 0.329 e. The van der Waals surface area contributed by atoms with E-state index in [2.05, 4.69) is 4.98 Å². The molecule has 2 aromatic rings. The number of carbonyl (C=O) groups excluding carboxylic acids is 1. The van der Waals surface area contributed by atoms with Crippen molar-refractivity contribution in [2.24, 2.45) is 0 Å². The molecule has 148 valence electrons. The number of likely N-dealkylation sites (tertiary alicyclic amines) is 1. The van der Waals surface area contributed by atoms with Gasteiger partial charge in [0.1, 0.15) is 12.1 Å². The van der Waals surface area contributed by atoms with Gasteiger partial charge >= 0.3 is 5.97 Å².